The van der Waals surface area contributed by atoms with Gasteiger partial charge in [-0.05, 0) is 77.9 Å². The van der Waals surface area contributed by atoms with E-state index < -0.39 is 0 Å². The van der Waals surface area contributed by atoms with Gasteiger partial charge in [-0.1, -0.05) is 115 Å². The predicted octanol–water partition coefficient (Wildman–Crippen LogP) is 13.4. The predicted molar refractivity (Wildman–Crippen MR) is 230 cm³/mol. The van der Waals surface area contributed by atoms with E-state index in [4.69, 9.17) is 23.8 Å². The van der Waals surface area contributed by atoms with Crippen molar-refractivity contribution in [2.75, 3.05) is 0 Å². The third-order valence-electron chi connectivity index (χ3n) is 11.1. The van der Waals surface area contributed by atoms with Gasteiger partial charge < -0.3 is 13.4 Å². The maximum absolute atomic E-state index is 6.51. The van der Waals surface area contributed by atoms with Crippen molar-refractivity contribution in [3.8, 4) is 51.0 Å². The molecule has 0 bridgehead atoms. The zero-order valence-corrected chi connectivity index (χ0v) is 30.4. The number of benzene rings is 8. The molecule has 0 saturated carbocycles. The Kier molecular flexibility index (Phi) is 6.83. The van der Waals surface area contributed by atoms with Gasteiger partial charge in [0.25, 0.3) is 0 Å². The van der Waals surface area contributed by atoms with Crippen molar-refractivity contribution in [1.82, 2.24) is 19.5 Å². The largest absolute Gasteiger partial charge is 0.456 e. The quantitative estimate of drug-likeness (QED) is 0.176. The van der Waals surface area contributed by atoms with Crippen LogP contribution in [0.25, 0.3) is 117 Å². The first-order valence-corrected chi connectivity index (χ1v) is 19.0. The summed E-state index contributed by atoms with van der Waals surface area (Å²) >= 11 is 0. The van der Waals surface area contributed by atoms with E-state index in [1.54, 1.807) is 0 Å². The normalized spacial score (nSPS) is 11.9. The summed E-state index contributed by atoms with van der Waals surface area (Å²) in [5.41, 5.74) is 11.5. The molecule has 0 spiro atoms. The molecule has 12 rings (SSSR count). The van der Waals surface area contributed by atoms with Crippen LogP contribution in [-0.4, -0.2) is 19.5 Å². The second-order valence-corrected chi connectivity index (χ2v) is 14.4. The molecule has 57 heavy (non-hydrogen) atoms. The summed E-state index contributed by atoms with van der Waals surface area (Å²) in [5.74, 6) is 1.76. The lowest BCUT2D eigenvalue weighted by molar-refractivity contribution is 0.668. The molecule has 266 valence electrons. The van der Waals surface area contributed by atoms with Crippen LogP contribution in [0.3, 0.4) is 0 Å². The molecule has 12 aromatic rings. The Morgan fingerprint density at radius 2 is 0.825 bits per heavy atom. The number of para-hydroxylation sites is 4. The minimum atomic E-state index is 0.569. The molecule has 6 heteroatoms. The summed E-state index contributed by atoms with van der Waals surface area (Å²) in [7, 11) is 0. The van der Waals surface area contributed by atoms with E-state index in [-0.39, 0.29) is 0 Å². The van der Waals surface area contributed by atoms with Crippen molar-refractivity contribution < 1.29 is 8.83 Å². The van der Waals surface area contributed by atoms with Crippen LogP contribution in [0.5, 0.6) is 0 Å². The maximum atomic E-state index is 6.51. The third-order valence-corrected chi connectivity index (χ3v) is 11.1. The molecule has 4 heterocycles. The van der Waals surface area contributed by atoms with Crippen LogP contribution in [0.15, 0.2) is 191 Å². The summed E-state index contributed by atoms with van der Waals surface area (Å²) in [4.78, 5) is 15.4. The van der Waals surface area contributed by atoms with Gasteiger partial charge in [-0.15, -0.1) is 0 Å². The zero-order chi connectivity index (χ0) is 37.5. The number of aromatic nitrogens is 4. The third kappa shape index (κ3) is 5.01. The number of nitrogens with zero attached hydrogens (tertiary/aromatic N) is 4. The molecule has 0 atom stereocenters. The van der Waals surface area contributed by atoms with Crippen LogP contribution in [0.4, 0.5) is 0 Å². The fourth-order valence-electron chi connectivity index (χ4n) is 8.38. The number of fused-ring (bicyclic) bond motifs is 9. The summed E-state index contributed by atoms with van der Waals surface area (Å²) in [6.45, 7) is 0. The van der Waals surface area contributed by atoms with E-state index in [2.05, 4.69) is 126 Å². The summed E-state index contributed by atoms with van der Waals surface area (Å²) in [5, 5.41) is 6.69. The topological polar surface area (TPSA) is 69.9 Å². The van der Waals surface area contributed by atoms with Gasteiger partial charge in [-0.3, -0.25) is 0 Å². The van der Waals surface area contributed by atoms with Gasteiger partial charge in [0.1, 0.15) is 22.3 Å². The monoisotopic (exact) mass is 730 g/mol. The van der Waals surface area contributed by atoms with E-state index in [1.807, 2.05) is 60.7 Å². The molecular formula is C51H30N4O2. The molecule has 0 N–H and O–H groups in total. The first-order chi connectivity index (χ1) is 28.2. The summed E-state index contributed by atoms with van der Waals surface area (Å²) < 4.78 is 14.9. The van der Waals surface area contributed by atoms with Crippen LogP contribution in [0.1, 0.15) is 0 Å². The van der Waals surface area contributed by atoms with Crippen molar-refractivity contribution in [3.05, 3.63) is 182 Å². The first-order valence-electron chi connectivity index (χ1n) is 19.0. The van der Waals surface area contributed by atoms with Crippen LogP contribution >= 0.6 is 0 Å². The fraction of sp³-hybridized carbons (Fsp3) is 0. The minimum Gasteiger partial charge on any atom is -0.456 e. The standard InChI is InChI=1S/C51H30N4O2/c1-2-12-31(13-3-1)49-52-50(54-51(53-49)39-17-6-10-20-44(39)55-42-18-8-4-14-35(42)36-15-5-9-19-43(36)55)34-22-25-38-41-29-33(24-27-47(41)57-48(38)30-34)32-23-26-46-40(28-32)37-16-7-11-21-45(37)56-46/h1-30H. The molecule has 0 fully saturated rings. The molecule has 0 saturated heterocycles. The highest BCUT2D eigenvalue weighted by Gasteiger charge is 2.20. The SMILES string of the molecule is c1ccc(-c2nc(-c3ccc4c(c3)oc3ccc(-c5ccc6oc7ccccc7c6c5)cc34)nc(-c3ccccc3-n3c4ccccc4c4ccccc43)n2)cc1. The van der Waals surface area contributed by atoms with E-state index >= 15 is 0 Å². The highest BCUT2D eigenvalue weighted by Crippen LogP contribution is 2.39. The summed E-state index contributed by atoms with van der Waals surface area (Å²) in [6, 6.07) is 62.7. The van der Waals surface area contributed by atoms with Gasteiger partial charge in [0.05, 0.1) is 16.7 Å². The van der Waals surface area contributed by atoms with Gasteiger partial charge in [0, 0.05) is 49.0 Å². The Bertz CT molecular complexity index is 3490. The first kappa shape index (κ1) is 31.5. The molecule has 0 aliphatic heterocycles. The van der Waals surface area contributed by atoms with Crippen LogP contribution in [0.2, 0.25) is 0 Å². The molecule has 0 amide bonds. The minimum absolute atomic E-state index is 0.569. The highest BCUT2D eigenvalue weighted by molar-refractivity contribution is 6.11. The Hall–Kier alpha value is -7.83. The lowest BCUT2D eigenvalue weighted by Crippen LogP contribution is -2.03. The average molecular weight is 731 g/mol. The average Bonchev–Trinajstić information content (AvgIpc) is 3.95. The van der Waals surface area contributed by atoms with Crippen molar-refractivity contribution in [1.29, 1.82) is 0 Å². The van der Waals surface area contributed by atoms with Crippen LogP contribution in [-0.2, 0) is 0 Å². The number of furan rings is 2. The second-order valence-electron chi connectivity index (χ2n) is 14.4. The van der Waals surface area contributed by atoms with E-state index in [1.165, 1.54) is 10.8 Å². The van der Waals surface area contributed by atoms with Gasteiger partial charge in [-0.2, -0.15) is 0 Å². The highest BCUT2D eigenvalue weighted by atomic mass is 16.3. The molecule has 8 aromatic carbocycles. The Morgan fingerprint density at radius 3 is 1.54 bits per heavy atom. The molecule has 0 aliphatic rings. The lowest BCUT2D eigenvalue weighted by Gasteiger charge is -2.14. The Balaban J connectivity index is 1.00. The van der Waals surface area contributed by atoms with Crippen molar-refractivity contribution in [2.45, 2.75) is 0 Å². The molecule has 4 aromatic heterocycles. The van der Waals surface area contributed by atoms with E-state index in [0.29, 0.717) is 17.5 Å². The molecule has 0 unspecified atom stereocenters. The van der Waals surface area contributed by atoms with Crippen LogP contribution < -0.4 is 0 Å². The molecule has 0 aliphatic carbocycles. The van der Waals surface area contributed by atoms with E-state index in [9.17, 15) is 0 Å². The lowest BCUT2D eigenvalue weighted by atomic mass is 10.0. The van der Waals surface area contributed by atoms with Crippen molar-refractivity contribution >= 4 is 65.7 Å². The van der Waals surface area contributed by atoms with E-state index in [0.717, 1.165) is 88.4 Å². The van der Waals surface area contributed by atoms with Gasteiger partial charge in [0.2, 0.25) is 0 Å². The number of hydrogen-bond acceptors (Lipinski definition) is 5. The Labute approximate surface area is 325 Å². The van der Waals surface area contributed by atoms with Gasteiger partial charge >= 0.3 is 0 Å². The second kappa shape index (κ2) is 12.3. The zero-order valence-electron chi connectivity index (χ0n) is 30.4. The van der Waals surface area contributed by atoms with Gasteiger partial charge in [0.15, 0.2) is 17.5 Å². The number of hydrogen-bond donors (Lipinski definition) is 0. The maximum Gasteiger partial charge on any atom is 0.166 e. The smallest absolute Gasteiger partial charge is 0.166 e. The van der Waals surface area contributed by atoms with Gasteiger partial charge in [-0.25, -0.2) is 15.0 Å². The molecule has 0 radical (unpaired) electrons. The van der Waals surface area contributed by atoms with Crippen LogP contribution in [0, 0.1) is 0 Å². The summed E-state index contributed by atoms with van der Waals surface area (Å²) in [6.07, 6.45) is 0. The van der Waals surface area contributed by atoms with Crippen molar-refractivity contribution in [2.24, 2.45) is 0 Å². The number of rotatable bonds is 5. The van der Waals surface area contributed by atoms with Crippen molar-refractivity contribution in [3.63, 3.8) is 0 Å². The molecular weight excluding hydrogens is 701 g/mol. The molecule has 6 nitrogen and oxygen atoms in total. The fourth-order valence-corrected chi connectivity index (χ4v) is 8.38. The Morgan fingerprint density at radius 1 is 0.316 bits per heavy atom.